The van der Waals surface area contributed by atoms with Crippen molar-refractivity contribution in [2.75, 3.05) is 0 Å². The van der Waals surface area contributed by atoms with Crippen molar-refractivity contribution in [1.29, 1.82) is 0 Å². The van der Waals surface area contributed by atoms with E-state index in [4.69, 9.17) is 4.52 Å². The molecule has 5 nitrogen and oxygen atoms in total. The van der Waals surface area contributed by atoms with Gasteiger partial charge in [-0.3, -0.25) is 0 Å². The van der Waals surface area contributed by atoms with E-state index in [0.717, 1.165) is 26.3 Å². The molecule has 2 heterocycles. The van der Waals surface area contributed by atoms with Crippen LogP contribution >= 0.6 is 27.7 Å². The van der Waals surface area contributed by atoms with Crippen LogP contribution in [0, 0.1) is 13.8 Å². The minimum Gasteiger partial charge on any atom is -0.338 e. The summed E-state index contributed by atoms with van der Waals surface area (Å²) in [7, 11) is 0. The molecule has 0 saturated carbocycles. The van der Waals surface area contributed by atoms with Gasteiger partial charge in [-0.15, -0.1) is 10.2 Å². The third-order valence-electron chi connectivity index (χ3n) is 4.34. The van der Waals surface area contributed by atoms with Gasteiger partial charge in [-0.25, -0.2) is 0 Å². The van der Waals surface area contributed by atoms with Crippen LogP contribution in [0.25, 0.3) is 22.6 Å². The fourth-order valence-corrected chi connectivity index (χ4v) is 3.70. The van der Waals surface area contributed by atoms with E-state index in [1.807, 2.05) is 42.5 Å². The Labute approximate surface area is 175 Å². The molecule has 0 aliphatic rings. The molecule has 0 radical (unpaired) electrons. The van der Waals surface area contributed by atoms with E-state index in [1.165, 1.54) is 22.9 Å². The molecule has 0 bridgehead atoms. The van der Waals surface area contributed by atoms with E-state index in [2.05, 4.69) is 62.2 Å². The van der Waals surface area contributed by atoms with Crippen LogP contribution in [-0.2, 0) is 5.75 Å². The zero-order valence-corrected chi connectivity index (χ0v) is 17.8. The summed E-state index contributed by atoms with van der Waals surface area (Å²) in [5.41, 5.74) is 5.27. The summed E-state index contributed by atoms with van der Waals surface area (Å²) in [6, 6.07) is 18.1. The van der Waals surface area contributed by atoms with Crippen molar-refractivity contribution in [3.05, 3.63) is 76.1 Å². The van der Waals surface area contributed by atoms with E-state index in [0.29, 0.717) is 17.5 Å². The number of nitrogens with zero attached hydrogens (tertiary/aromatic N) is 4. The largest absolute Gasteiger partial charge is 0.338 e. The maximum Gasteiger partial charge on any atom is 0.237 e. The maximum atomic E-state index is 5.38. The number of aryl methyl sites for hydroxylation is 2. The standard InChI is InChI=1S/C21H17BrN4OS/c1-13-6-7-16(10-14(13)2)21-23-19(27-26-21)12-28-20-9-8-18(24-25-20)15-4-3-5-17(22)11-15/h3-11H,12H2,1-2H3. The molecule has 140 valence electrons. The molecule has 0 aliphatic heterocycles. The first kappa shape index (κ1) is 18.8. The molecule has 2 aromatic heterocycles. The van der Waals surface area contributed by atoms with E-state index >= 15 is 0 Å². The van der Waals surface area contributed by atoms with E-state index in [1.54, 1.807) is 0 Å². The van der Waals surface area contributed by atoms with Crippen LogP contribution in [0.15, 0.2) is 68.6 Å². The highest BCUT2D eigenvalue weighted by atomic mass is 79.9. The van der Waals surface area contributed by atoms with Crippen LogP contribution in [0.5, 0.6) is 0 Å². The highest BCUT2D eigenvalue weighted by Gasteiger charge is 2.11. The molecule has 0 amide bonds. The van der Waals surface area contributed by atoms with Crippen molar-refractivity contribution in [3.8, 4) is 22.6 Å². The van der Waals surface area contributed by atoms with Crippen molar-refractivity contribution in [3.63, 3.8) is 0 Å². The van der Waals surface area contributed by atoms with Crippen molar-refractivity contribution >= 4 is 27.7 Å². The molecule has 28 heavy (non-hydrogen) atoms. The summed E-state index contributed by atoms with van der Waals surface area (Å²) < 4.78 is 6.40. The highest BCUT2D eigenvalue weighted by molar-refractivity contribution is 9.10. The van der Waals surface area contributed by atoms with Gasteiger partial charge in [-0.2, -0.15) is 4.98 Å². The molecule has 0 unspecified atom stereocenters. The van der Waals surface area contributed by atoms with Crippen molar-refractivity contribution < 1.29 is 4.52 Å². The first-order chi connectivity index (χ1) is 13.6. The van der Waals surface area contributed by atoms with E-state index < -0.39 is 0 Å². The third kappa shape index (κ3) is 4.31. The van der Waals surface area contributed by atoms with Gasteiger partial charge in [0.05, 0.1) is 11.4 Å². The fourth-order valence-electron chi connectivity index (χ4n) is 2.65. The Kier molecular flexibility index (Phi) is 5.54. The molecule has 0 fully saturated rings. The normalized spacial score (nSPS) is 11.0. The van der Waals surface area contributed by atoms with Crippen LogP contribution in [0.1, 0.15) is 17.0 Å². The minimum absolute atomic E-state index is 0.544. The Bertz CT molecular complexity index is 1110. The van der Waals surface area contributed by atoms with Crippen molar-refractivity contribution in [2.24, 2.45) is 0 Å². The zero-order valence-electron chi connectivity index (χ0n) is 15.4. The summed E-state index contributed by atoms with van der Waals surface area (Å²) in [6.07, 6.45) is 0. The molecule has 0 saturated heterocycles. The Morgan fingerprint density at radius 2 is 1.82 bits per heavy atom. The van der Waals surface area contributed by atoms with Crippen molar-refractivity contribution in [1.82, 2.24) is 20.3 Å². The van der Waals surface area contributed by atoms with Crippen LogP contribution < -0.4 is 0 Å². The van der Waals surface area contributed by atoms with Crippen LogP contribution in [-0.4, -0.2) is 20.3 Å². The monoisotopic (exact) mass is 452 g/mol. The molecular weight excluding hydrogens is 436 g/mol. The summed E-state index contributed by atoms with van der Waals surface area (Å²) >= 11 is 4.99. The average molecular weight is 453 g/mol. The Morgan fingerprint density at radius 3 is 2.57 bits per heavy atom. The van der Waals surface area contributed by atoms with Gasteiger partial charge in [0.1, 0.15) is 5.03 Å². The predicted molar refractivity (Wildman–Crippen MR) is 114 cm³/mol. The highest BCUT2D eigenvalue weighted by Crippen LogP contribution is 2.25. The molecule has 4 rings (SSSR count). The topological polar surface area (TPSA) is 64.7 Å². The molecule has 2 aromatic carbocycles. The van der Waals surface area contributed by atoms with Crippen LogP contribution in [0.3, 0.4) is 0 Å². The van der Waals surface area contributed by atoms with Gasteiger partial charge in [0.25, 0.3) is 0 Å². The number of halogens is 1. The fraction of sp³-hybridized carbons (Fsp3) is 0.143. The number of thioether (sulfide) groups is 1. The van der Waals surface area contributed by atoms with Gasteiger partial charge in [-0.1, -0.05) is 57.1 Å². The molecule has 0 atom stereocenters. The molecule has 0 N–H and O–H groups in total. The van der Waals surface area contributed by atoms with Gasteiger partial charge in [0.2, 0.25) is 11.7 Å². The Balaban J connectivity index is 1.42. The summed E-state index contributed by atoms with van der Waals surface area (Å²) in [5.74, 6) is 1.72. The Hall–Kier alpha value is -2.51. The average Bonchev–Trinajstić information content (AvgIpc) is 3.18. The van der Waals surface area contributed by atoms with Gasteiger partial charge in [-0.05, 0) is 55.3 Å². The number of hydrogen-bond donors (Lipinski definition) is 0. The lowest BCUT2D eigenvalue weighted by Crippen LogP contribution is -1.90. The lowest BCUT2D eigenvalue weighted by Gasteiger charge is -2.02. The second kappa shape index (κ2) is 8.24. The molecule has 0 spiro atoms. The summed E-state index contributed by atoms with van der Waals surface area (Å²) in [5, 5.41) is 13.5. The van der Waals surface area contributed by atoms with Gasteiger partial charge in [0, 0.05) is 15.6 Å². The molecule has 0 aliphatic carbocycles. The van der Waals surface area contributed by atoms with Gasteiger partial charge in [0.15, 0.2) is 0 Å². The smallest absolute Gasteiger partial charge is 0.237 e. The van der Waals surface area contributed by atoms with Gasteiger partial charge < -0.3 is 4.52 Å². The quantitative estimate of drug-likeness (QED) is 0.353. The number of hydrogen-bond acceptors (Lipinski definition) is 6. The first-order valence-electron chi connectivity index (χ1n) is 8.71. The third-order valence-corrected chi connectivity index (χ3v) is 5.74. The summed E-state index contributed by atoms with van der Waals surface area (Å²) in [6.45, 7) is 4.16. The second-order valence-electron chi connectivity index (χ2n) is 6.37. The number of benzene rings is 2. The Morgan fingerprint density at radius 1 is 0.929 bits per heavy atom. The van der Waals surface area contributed by atoms with E-state index in [-0.39, 0.29) is 0 Å². The lowest BCUT2D eigenvalue weighted by atomic mass is 10.1. The zero-order chi connectivity index (χ0) is 19.5. The number of aromatic nitrogens is 4. The maximum absolute atomic E-state index is 5.38. The van der Waals surface area contributed by atoms with Crippen LogP contribution in [0.2, 0.25) is 0 Å². The lowest BCUT2D eigenvalue weighted by molar-refractivity contribution is 0.391. The molecule has 7 heteroatoms. The van der Waals surface area contributed by atoms with Crippen LogP contribution in [0.4, 0.5) is 0 Å². The minimum atomic E-state index is 0.544. The second-order valence-corrected chi connectivity index (χ2v) is 8.28. The predicted octanol–water partition coefficient (Wildman–Crippen LogP) is 5.87. The summed E-state index contributed by atoms with van der Waals surface area (Å²) in [4.78, 5) is 4.49. The molecular formula is C21H17BrN4OS. The first-order valence-corrected chi connectivity index (χ1v) is 10.5. The number of rotatable bonds is 5. The SMILES string of the molecule is Cc1ccc(-c2noc(CSc3ccc(-c4cccc(Br)c4)nn3)n2)cc1C. The molecule has 4 aromatic rings. The van der Waals surface area contributed by atoms with Crippen molar-refractivity contribution in [2.45, 2.75) is 24.6 Å². The van der Waals surface area contributed by atoms with E-state index in [9.17, 15) is 0 Å². The van der Waals surface area contributed by atoms with Gasteiger partial charge >= 0.3 is 0 Å².